The van der Waals surface area contributed by atoms with E-state index in [9.17, 15) is 9.18 Å². The zero-order valence-corrected chi connectivity index (χ0v) is 10.9. The molecule has 2 rings (SSSR count). The topological polar surface area (TPSA) is 46.5 Å². The SMILES string of the molecule is CC1OCCC1SCc1cc(C(=O)O)ccc1F. The molecule has 1 N–H and O–H groups in total. The first kappa shape index (κ1) is 13.4. The normalized spacial score (nSPS) is 23.2. The van der Waals surface area contributed by atoms with E-state index in [4.69, 9.17) is 9.84 Å². The van der Waals surface area contributed by atoms with E-state index in [1.807, 2.05) is 6.92 Å². The number of thioether (sulfide) groups is 1. The minimum atomic E-state index is -1.03. The van der Waals surface area contributed by atoms with Gasteiger partial charge in [-0.25, -0.2) is 9.18 Å². The fourth-order valence-electron chi connectivity index (χ4n) is 1.95. The number of halogens is 1. The van der Waals surface area contributed by atoms with Crippen LogP contribution in [0.25, 0.3) is 0 Å². The Kier molecular flexibility index (Phi) is 4.24. The van der Waals surface area contributed by atoms with Gasteiger partial charge in [0.1, 0.15) is 5.82 Å². The molecule has 0 saturated carbocycles. The molecule has 0 amide bonds. The van der Waals surface area contributed by atoms with Crippen molar-refractivity contribution in [2.45, 2.75) is 30.5 Å². The van der Waals surface area contributed by atoms with E-state index in [1.54, 1.807) is 11.8 Å². The van der Waals surface area contributed by atoms with Crippen LogP contribution in [0.2, 0.25) is 0 Å². The van der Waals surface area contributed by atoms with Crippen LogP contribution in [0.3, 0.4) is 0 Å². The summed E-state index contributed by atoms with van der Waals surface area (Å²) in [7, 11) is 0. The van der Waals surface area contributed by atoms with Gasteiger partial charge in [-0.2, -0.15) is 11.8 Å². The zero-order chi connectivity index (χ0) is 13.1. The van der Waals surface area contributed by atoms with Crippen molar-refractivity contribution < 1.29 is 19.0 Å². The second-order valence-electron chi connectivity index (χ2n) is 4.33. The van der Waals surface area contributed by atoms with Crippen molar-refractivity contribution >= 4 is 17.7 Å². The number of carbonyl (C=O) groups is 1. The summed E-state index contributed by atoms with van der Waals surface area (Å²) in [6.45, 7) is 2.76. The van der Waals surface area contributed by atoms with Gasteiger partial charge in [0, 0.05) is 17.6 Å². The molecule has 2 unspecified atom stereocenters. The number of ether oxygens (including phenoxy) is 1. The second-order valence-corrected chi connectivity index (χ2v) is 5.55. The molecule has 1 fully saturated rings. The molecule has 1 heterocycles. The number of benzene rings is 1. The predicted molar refractivity (Wildman–Crippen MR) is 68.5 cm³/mol. The van der Waals surface area contributed by atoms with E-state index in [0.29, 0.717) is 16.6 Å². The van der Waals surface area contributed by atoms with Crippen molar-refractivity contribution in [1.82, 2.24) is 0 Å². The first-order valence-electron chi connectivity index (χ1n) is 5.83. The Morgan fingerprint density at radius 3 is 3.00 bits per heavy atom. The van der Waals surface area contributed by atoms with Crippen LogP contribution >= 0.6 is 11.8 Å². The molecule has 18 heavy (non-hydrogen) atoms. The van der Waals surface area contributed by atoms with Crippen LogP contribution in [0.4, 0.5) is 4.39 Å². The molecular formula is C13H15FO3S. The quantitative estimate of drug-likeness (QED) is 0.913. The van der Waals surface area contributed by atoms with E-state index >= 15 is 0 Å². The van der Waals surface area contributed by atoms with Gasteiger partial charge >= 0.3 is 5.97 Å². The molecule has 0 radical (unpaired) electrons. The average molecular weight is 270 g/mol. The Labute approximate surface area is 109 Å². The Hall–Kier alpha value is -1.07. The maximum absolute atomic E-state index is 13.6. The van der Waals surface area contributed by atoms with Gasteiger partial charge in [-0.3, -0.25) is 0 Å². The minimum Gasteiger partial charge on any atom is -0.478 e. The molecule has 0 aliphatic carbocycles. The van der Waals surface area contributed by atoms with Crippen LogP contribution in [0.15, 0.2) is 18.2 Å². The van der Waals surface area contributed by atoms with Crippen LogP contribution in [0.1, 0.15) is 29.3 Å². The summed E-state index contributed by atoms with van der Waals surface area (Å²) in [6.07, 6.45) is 1.15. The molecule has 98 valence electrons. The fourth-order valence-corrected chi connectivity index (χ4v) is 3.17. The number of hydrogen-bond acceptors (Lipinski definition) is 3. The van der Waals surface area contributed by atoms with Gasteiger partial charge in [-0.15, -0.1) is 0 Å². The predicted octanol–water partition coefficient (Wildman–Crippen LogP) is 2.93. The van der Waals surface area contributed by atoms with Gasteiger partial charge in [0.25, 0.3) is 0 Å². The molecule has 1 aliphatic rings. The number of rotatable bonds is 4. The zero-order valence-electron chi connectivity index (χ0n) is 10.1. The second kappa shape index (κ2) is 5.71. The van der Waals surface area contributed by atoms with Crippen molar-refractivity contribution in [2.24, 2.45) is 0 Å². The summed E-state index contributed by atoms with van der Waals surface area (Å²) in [5.41, 5.74) is 0.571. The Balaban J connectivity index is 2.04. The van der Waals surface area contributed by atoms with E-state index in [0.717, 1.165) is 13.0 Å². The standard InChI is InChI=1S/C13H15FO3S/c1-8-12(4-5-17-8)18-7-10-6-9(13(15)16)2-3-11(10)14/h2-3,6,8,12H,4-5,7H2,1H3,(H,15,16). The highest BCUT2D eigenvalue weighted by Crippen LogP contribution is 2.29. The molecule has 1 aliphatic heterocycles. The lowest BCUT2D eigenvalue weighted by Gasteiger charge is -2.13. The third kappa shape index (κ3) is 3.03. The first-order chi connectivity index (χ1) is 8.58. The average Bonchev–Trinajstić information content (AvgIpc) is 2.73. The summed E-state index contributed by atoms with van der Waals surface area (Å²) < 4.78 is 19.0. The maximum Gasteiger partial charge on any atom is 0.335 e. The molecule has 5 heteroatoms. The van der Waals surface area contributed by atoms with Gasteiger partial charge in [0.2, 0.25) is 0 Å². The lowest BCUT2D eigenvalue weighted by Crippen LogP contribution is -2.13. The van der Waals surface area contributed by atoms with E-state index in [2.05, 4.69) is 0 Å². The number of carboxylic acid groups (broad SMARTS) is 1. The van der Waals surface area contributed by atoms with E-state index in [1.165, 1.54) is 18.2 Å². The largest absolute Gasteiger partial charge is 0.478 e. The van der Waals surface area contributed by atoms with Gasteiger partial charge in [0.05, 0.1) is 11.7 Å². The van der Waals surface area contributed by atoms with Gasteiger partial charge < -0.3 is 9.84 Å². The van der Waals surface area contributed by atoms with Gasteiger partial charge in [0.15, 0.2) is 0 Å². The fraction of sp³-hybridized carbons (Fsp3) is 0.462. The summed E-state index contributed by atoms with van der Waals surface area (Å²) in [4.78, 5) is 10.8. The monoisotopic (exact) mass is 270 g/mol. The van der Waals surface area contributed by atoms with Crippen molar-refractivity contribution in [2.75, 3.05) is 6.61 Å². The van der Waals surface area contributed by atoms with Gasteiger partial charge in [-0.1, -0.05) is 0 Å². The van der Waals surface area contributed by atoms with Crippen LogP contribution in [0.5, 0.6) is 0 Å². The summed E-state index contributed by atoms with van der Waals surface area (Å²) in [6, 6.07) is 3.91. The summed E-state index contributed by atoms with van der Waals surface area (Å²) in [5, 5.41) is 9.23. The number of aromatic carboxylic acids is 1. The highest BCUT2D eigenvalue weighted by Gasteiger charge is 2.24. The molecule has 0 bridgehead atoms. The number of carboxylic acids is 1. The third-order valence-corrected chi connectivity index (χ3v) is 4.58. The molecule has 2 atom stereocenters. The first-order valence-corrected chi connectivity index (χ1v) is 6.87. The third-order valence-electron chi connectivity index (χ3n) is 3.05. The van der Waals surface area contributed by atoms with Crippen LogP contribution in [0, 0.1) is 5.82 Å². The van der Waals surface area contributed by atoms with Crippen molar-refractivity contribution in [3.63, 3.8) is 0 Å². The lowest BCUT2D eigenvalue weighted by atomic mass is 10.1. The Morgan fingerprint density at radius 1 is 1.61 bits per heavy atom. The molecule has 0 spiro atoms. The van der Waals surface area contributed by atoms with Crippen molar-refractivity contribution in [1.29, 1.82) is 0 Å². The van der Waals surface area contributed by atoms with Gasteiger partial charge in [-0.05, 0) is 37.1 Å². The molecular weight excluding hydrogens is 255 g/mol. The Morgan fingerprint density at radius 2 is 2.39 bits per heavy atom. The molecule has 3 nitrogen and oxygen atoms in total. The summed E-state index contributed by atoms with van der Waals surface area (Å²) in [5.74, 6) is -0.899. The lowest BCUT2D eigenvalue weighted by molar-refractivity contribution is 0.0696. The van der Waals surface area contributed by atoms with E-state index < -0.39 is 5.97 Å². The van der Waals surface area contributed by atoms with Crippen LogP contribution in [-0.4, -0.2) is 29.0 Å². The van der Waals surface area contributed by atoms with Crippen molar-refractivity contribution in [3.8, 4) is 0 Å². The minimum absolute atomic E-state index is 0.128. The van der Waals surface area contributed by atoms with E-state index in [-0.39, 0.29) is 17.5 Å². The molecule has 1 aromatic rings. The summed E-state index contributed by atoms with van der Waals surface area (Å²) >= 11 is 1.62. The number of hydrogen-bond donors (Lipinski definition) is 1. The molecule has 0 aromatic heterocycles. The van der Waals surface area contributed by atoms with Crippen molar-refractivity contribution in [3.05, 3.63) is 35.1 Å². The van der Waals surface area contributed by atoms with Crippen LogP contribution in [-0.2, 0) is 10.5 Å². The van der Waals surface area contributed by atoms with Crippen LogP contribution < -0.4 is 0 Å². The highest BCUT2D eigenvalue weighted by atomic mass is 32.2. The molecule has 1 saturated heterocycles. The highest BCUT2D eigenvalue weighted by molar-refractivity contribution is 7.99. The Bertz CT molecular complexity index is 450. The maximum atomic E-state index is 13.6. The molecule has 1 aromatic carbocycles. The smallest absolute Gasteiger partial charge is 0.335 e.